The molecule has 0 aliphatic rings. The highest BCUT2D eigenvalue weighted by Gasteiger charge is 2.15. The van der Waals surface area contributed by atoms with Crippen LogP contribution in [0.4, 0.5) is 0 Å². The van der Waals surface area contributed by atoms with E-state index in [1.807, 2.05) is 18.2 Å². The standard InChI is InChI=1S/C14H18Cl2N2/c1-14(2,3)7-8-18-11-6-4-5-10(16)13(11)17-12(18)9-15/h4-6H,7-9H2,1-3H3. The van der Waals surface area contributed by atoms with Gasteiger partial charge in [-0.15, -0.1) is 11.6 Å². The number of halogens is 2. The normalized spacial score (nSPS) is 12.3. The van der Waals surface area contributed by atoms with Crippen LogP contribution in [0, 0.1) is 5.41 Å². The minimum atomic E-state index is 0.290. The second-order valence-electron chi connectivity index (χ2n) is 5.73. The molecule has 1 aromatic heterocycles. The minimum absolute atomic E-state index is 0.290. The van der Waals surface area contributed by atoms with Crippen molar-refractivity contribution in [3.63, 3.8) is 0 Å². The predicted octanol–water partition coefficient (Wildman–Crippen LogP) is 4.86. The number of para-hydroxylation sites is 1. The van der Waals surface area contributed by atoms with Crippen LogP contribution in [0.2, 0.25) is 5.02 Å². The highest BCUT2D eigenvalue weighted by molar-refractivity contribution is 6.34. The summed E-state index contributed by atoms with van der Waals surface area (Å²) in [5, 5.41) is 0.688. The lowest BCUT2D eigenvalue weighted by atomic mass is 9.92. The Morgan fingerprint density at radius 1 is 1.28 bits per heavy atom. The van der Waals surface area contributed by atoms with Gasteiger partial charge in [0.25, 0.3) is 0 Å². The van der Waals surface area contributed by atoms with E-state index in [9.17, 15) is 0 Å². The van der Waals surface area contributed by atoms with Crippen molar-refractivity contribution in [1.82, 2.24) is 9.55 Å². The largest absolute Gasteiger partial charge is 0.327 e. The van der Waals surface area contributed by atoms with Crippen LogP contribution in [-0.4, -0.2) is 9.55 Å². The van der Waals surface area contributed by atoms with Crippen LogP contribution in [0.3, 0.4) is 0 Å². The Morgan fingerprint density at radius 2 is 2.00 bits per heavy atom. The van der Waals surface area contributed by atoms with Crippen LogP contribution >= 0.6 is 23.2 Å². The third kappa shape index (κ3) is 2.81. The van der Waals surface area contributed by atoms with Gasteiger partial charge < -0.3 is 4.57 Å². The molecule has 0 N–H and O–H groups in total. The number of alkyl halides is 1. The number of hydrogen-bond acceptors (Lipinski definition) is 1. The van der Waals surface area contributed by atoms with Crippen LogP contribution in [0.1, 0.15) is 33.0 Å². The number of imidazole rings is 1. The molecular formula is C14H18Cl2N2. The van der Waals surface area contributed by atoms with Gasteiger partial charge in [-0.1, -0.05) is 38.4 Å². The summed E-state index contributed by atoms with van der Waals surface area (Å²) in [4.78, 5) is 4.53. The zero-order chi connectivity index (χ0) is 13.3. The zero-order valence-corrected chi connectivity index (χ0v) is 12.5. The summed E-state index contributed by atoms with van der Waals surface area (Å²) in [5.41, 5.74) is 2.21. The predicted molar refractivity (Wildman–Crippen MR) is 78.4 cm³/mol. The average Bonchev–Trinajstić information content (AvgIpc) is 2.65. The first-order valence-electron chi connectivity index (χ1n) is 6.12. The molecule has 0 unspecified atom stereocenters. The Bertz CT molecular complexity index is 553. The summed E-state index contributed by atoms with van der Waals surface area (Å²) in [5.74, 6) is 1.30. The molecule has 4 heteroatoms. The zero-order valence-electron chi connectivity index (χ0n) is 11.0. The van der Waals surface area contributed by atoms with E-state index in [1.54, 1.807) is 0 Å². The number of hydrogen-bond donors (Lipinski definition) is 0. The maximum absolute atomic E-state index is 6.17. The van der Waals surface area contributed by atoms with Crippen molar-refractivity contribution in [2.45, 2.75) is 39.6 Å². The van der Waals surface area contributed by atoms with Crippen molar-refractivity contribution >= 4 is 34.2 Å². The van der Waals surface area contributed by atoms with E-state index < -0.39 is 0 Å². The van der Waals surface area contributed by atoms with Gasteiger partial charge in [0.1, 0.15) is 11.3 Å². The summed E-state index contributed by atoms with van der Waals surface area (Å²) in [6.07, 6.45) is 1.08. The monoisotopic (exact) mass is 284 g/mol. The number of aryl methyl sites for hydroxylation is 1. The third-order valence-corrected chi connectivity index (χ3v) is 3.56. The highest BCUT2D eigenvalue weighted by Crippen LogP contribution is 2.27. The van der Waals surface area contributed by atoms with Crippen molar-refractivity contribution in [1.29, 1.82) is 0 Å². The molecular weight excluding hydrogens is 267 g/mol. The van der Waals surface area contributed by atoms with Crippen molar-refractivity contribution in [2.75, 3.05) is 0 Å². The van der Waals surface area contributed by atoms with Gasteiger partial charge in [0.2, 0.25) is 0 Å². The molecule has 0 fully saturated rings. The molecule has 0 saturated carbocycles. The van der Waals surface area contributed by atoms with Crippen LogP contribution in [-0.2, 0) is 12.4 Å². The Hall–Kier alpha value is -0.730. The van der Waals surface area contributed by atoms with E-state index in [4.69, 9.17) is 23.2 Å². The number of fused-ring (bicyclic) bond motifs is 1. The quantitative estimate of drug-likeness (QED) is 0.736. The van der Waals surface area contributed by atoms with E-state index in [1.165, 1.54) is 0 Å². The molecule has 18 heavy (non-hydrogen) atoms. The summed E-state index contributed by atoms with van der Waals surface area (Å²) in [6.45, 7) is 7.63. The fourth-order valence-corrected chi connectivity index (χ4v) is 2.38. The summed E-state index contributed by atoms with van der Waals surface area (Å²) < 4.78 is 2.18. The summed E-state index contributed by atoms with van der Waals surface area (Å²) in [7, 11) is 0. The van der Waals surface area contributed by atoms with E-state index in [0.29, 0.717) is 16.3 Å². The summed E-state index contributed by atoms with van der Waals surface area (Å²) in [6, 6.07) is 5.87. The van der Waals surface area contributed by atoms with E-state index in [-0.39, 0.29) is 0 Å². The molecule has 1 heterocycles. The average molecular weight is 285 g/mol. The van der Waals surface area contributed by atoms with Crippen LogP contribution in [0.5, 0.6) is 0 Å². The lowest BCUT2D eigenvalue weighted by Crippen LogP contribution is -2.11. The van der Waals surface area contributed by atoms with Gasteiger partial charge in [0.15, 0.2) is 0 Å². The number of rotatable bonds is 3. The van der Waals surface area contributed by atoms with Gasteiger partial charge in [0, 0.05) is 6.54 Å². The molecule has 2 rings (SSSR count). The number of aromatic nitrogens is 2. The lowest BCUT2D eigenvalue weighted by molar-refractivity contribution is 0.351. The van der Waals surface area contributed by atoms with Gasteiger partial charge in [0.05, 0.1) is 16.4 Å². The maximum atomic E-state index is 6.17. The van der Waals surface area contributed by atoms with E-state index in [2.05, 4.69) is 30.3 Å². The van der Waals surface area contributed by atoms with Crippen LogP contribution < -0.4 is 0 Å². The first kappa shape index (κ1) is 13.7. The highest BCUT2D eigenvalue weighted by atomic mass is 35.5. The molecule has 0 aliphatic heterocycles. The molecule has 0 amide bonds. The van der Waals surface area contributed by atoms with E-state index in [0.717, 1.165) is 29.8 Å². The Morgan fingerprint density at radius 3 is 2.61 bits per heavy atom. The molecule has 0 aliphatic carbocycles. The van der Waals surface area contributed by atoms with Crippen molar-refractivity contribution < 1.29 is 0 Å². The molecule has 0 bridgehead atoms. The Balaban J connectivity index is 2.44. The van der Waals surface area contributed by atoms with Gasteiger partial charge in [-0.2, -0.15) is 0 Å². The fraction of sp³-hybridized carbons (Fsp3) is 0.500. The lowest BCUT2D eigenvalue weighted by Gasteiger charge is -2.19. The van der Waals surface area contributed by atoms with Crippen LogP contribution in [0.15, 0.2) is 18.2 Å². The molecule has 0 atom stereocenters. The smallest absolute Gasteiger partial charge is 0.124 e. The van der Waals surface area contributed by atoms with Crippen molar-refractivity contribution in [3.8, 4) is 0 Å². The first-order chi connectivity index (χ1) is 8.42. The molecule has 0 radical (unpaired) electrons. The second-order valence-corrected chi connectivity index (χ2v) is 6.41. The Kier molecular flexibility index (Phi) is 3.88. The first-order valence-corrected chi connectivity index (χ1v) is 7.03. The molecule has 98 valence electrons. The Labute approximate surface area is 118 Å². The van der Waals surface area contributed by atoms with Crippen LogP contribution in [0.25, 0.3) is 11.0 Å². The van der Waals surface area contributed by atoms with Gasteiger partial charge in [-0.3, -0.25) is 0 Å². The van der Waals surface area contributed by atoms with E-state index >= 15 is 0 Å². The molecule has 2 nitrogen and oxygen atoms in total. The summed E-state index contributed by atoms with van der Waals surface area (Å²) >= 11 is 12.1. The minimum Gasteiger partial charge on any atom is -0.327 e. The van der Waals surface area contributed by atoms with Gasteiger partial charge in [-0.25, -0.2) is 4.98 Å². The SMILES string of the molecule is CC(C)(C)CCn1c(CCl)nc2c(Cl)cccc21. The van der Waals surface area contributed by atoms with Gasteiger partial charge in [-0.05, 0) is 24.0 Å². The van der Waals surface area contributed by atoms with Crippen molar-refractivity contribution in [3.05, 3.63) is 29.0 Å². The van der Waals surface area contributed by atoms with Crippen molar-refractivity contribution in [2.24, 2.45) is 5.41 Å². The number of nitrogens with zero attached hydrogens (tertiary/aromatic N) is 2. The van der Waals surface area contributed by atoms with Gasteiger partial charge >= 0.3 is 0 Å². The molecule has 2 aromatic rings. The topological polar surface area (TPSA) is 17.8 Å². The fourth-order valence-electron chi connectivity index (χ4n) is 1.96. The molecule has 0 spiro atoms. The molecule has 0 saturated heterocycles. The third-order valence-electron chi connectivity index (χ3n) is 3.01. The maximum Gasteiger partial charge on any atom is 0.124 e. The molecule has 1 aromatic carbocycles. The second kappa shape index (κ2) is 5.10. The number of benzene rings is 1.